The predicted molar refractivity (Wildman–Crippen MR) is 168 cm³/mol. The Labute approximate surface area is 263 Å². The number of rotatable bonds is 7. The van der Waals surface area contributed by atoms with Crippen molar-refractivity contribution in [1.29, 1.82) is 0 Å². The molecule has 7 nitrogen and oxygen atoms in total. The highest BCUT2D eigenvalue weighted by Crippen LogP contribution is 2.47. The molecule has 2 aliphatic rings. The first-order valence-electron chi connectivity index (χ1n) is 15.4. The molecule has 0 aromatic heterocycles. The van der Waals surface area contributed by atoms with Crippen LogP contribution in [0.3, 0.4) is 0 Å². The van der Waals surface area contributed by atoms with Crippen LogP contribution in [0.1, 0.15) is 79.2 Å². The standard InChI is InChI=1S/C36H41F2NO6/c1-9-43-35(41)34(45-36(5,6)7)31-20(3)23-17-29(40)39(28-14-10-13-26(37)33(28)42-8)18-25(23)21(4)30(31)24-16-27(38)32-22(19(24)2)12-11-15-44-32/h10,13-14,16,34H,9,11-12,15,17-18H2,1-8H3/t34-/m0/s1. The van der Waals surface area contributed by atoms with Crippen LogP contribution in [0, 0.1) is 32.4 Å². The molecule has 3 aromatic rings. The van der Waals surface area contributed by atoms with Gasteiger partial charge in [0.05, 0.1) is 44.6 Å². The molecule has 0 saturated heterocycles. The average Bonchev–Trinajstić information content (AvgIpc) is 2.99. The molecule has 9 heteroatoms. The molecule has 3 aromatic carbocycles. The van der Waals surface area contributed by atoms with E-state index in [0.29, 0.717) is 41.0 Å². The van der Waals surface area contributed by atoms with E-state index >= 15 is 4.39 Å². The van der Waals surface area contributed by atoms with Gasteiger partial charge in [-0.1, -0.05) is 6.07 Å². The second kappa shape index (κ2) is 12.4. The van der Waals surface area contributed by atoms with Gasteiger partial charge in [0.2, 0.25) is 5.91 Å². The maximum atomic E-state index is 15.8. The number of fused-ring (bicyclic) bond motifs is 2. The maximum absolute atomic E-state index is 15.8. The predicted octanol–water partition coefficient (Wildman–Crippen LogP) is 7.40. The summed E-state index contributed by atoms with van der Waals surface area (Å²) in [6, 6.07) is 5.95. The van der Waals surface area contributed by atoms with Crippen LogP contribution in [-0.4, -0.2) is 37.8 Å². The summed E-state index contributed by atoms with van der Waals surface area (Å²) in [6.07, 6.45) is 0.281. The van der Waals surface area contributed by atoms with Crippen LogP contribution in [0.2, 0.25) is 0 Å². The fourth-order valence-electron chi connectivity index (χ4n) is 6.62. The lowest BCUT2D eigenvalue weighted by atomic mass is 9.78. The number of benzene rings is 3. The number of ether oxygens (including phenoxy) is 4. The molecule has 0 unspecified atom stereocenters. The van der Waals surface area contributed by atoms with Crippen LogP contribution < -0.4 is 14.4 Å². The second-order valence-corrected chi connectivity index (χ2v) is 12.6. The maximum Gasteiger partial charge on any atom is 0.339 e. The number of para-hydroxylation sites is 1. The molecule has 1 amide bonds. The molecular formula is C36H41F2NO6. The zero-order valence-corrected chi connectivity index (χ0v) is 27.3. The monoisotopic (exact) mass is 621 g/mol. The third-order valence-electron chi connectivity index (χ3n) is 8.64. The van der Waals surface area contributed by atoms with Gasteiger partial charge in [0.25, 0.3) is 0 Å². The van der Waals surface area contributed by atoms with E-state index in [1.807, 2.05) is 41.5 Å². The SMILES string of the molecule is CCOC(=O)[C@@H](OC(C)(C)C)c1c(C)c2c(c(C)c1-c1cc(F)c3c(c1C)CCCO3)CN(c1cccc(F)c1OC)C(=O)C2. The molecular weight excluding hydrogens is 580 g/mol. The first-order valence-corrected chi connectivity index (χ1v) is 15.4. The van der Waals surface area contributed by atoms with Crippen molar-refractivity contribution >= 4 is 17.6 Å². The summed E-state index contributed by atoms with van der Waals surface area (Å²) >= 11 is 0. The molecule has 5 rings (SSSR count). The van der Waals surface area contributed by atoms with E-state index in [4.69, 9.17) is 18.9 Å². The second-order valence-electron chi connectivity index (χ2n) is 12.6. The van der Waals surface area contributed by atoms with Crippen molar-refractivity contribution < 1.29 is 37.3 Å². The van der Waals surface area contributed by atoms with Crippen molar-refractivity contribution in [2.45, 2.75) is 86.0 Å². The topological polar surface area (TPSA) is 74.3 Å². The molecule has 240 valence electrons. The minimum absolute atomic E-state index is 0.00535. The van der Waals surface area contributed by atoms with Gasteiger partial charge < -0.3 is 23.8 Å². The minimum atomic E-state index is -1.14. The number of hydrogen-bond acceptors (Lipinski definition) is 6. The van der Waals surface area contributed by atoms with Gasteiger partial charge in [0.1, 0.15) is 0 Å². The smallest absolute Gasteiger partial charge is 0.339 e. The number of anilines is 1. The molecule has 45 heavy (non-hydrogen) atoms. The quantitative estimate of drug-likeness (QED) is 0.256. The fourth-order valence-corrected chi connectivity index (χ4v) is 6.62. The summed E-state index contributed by atoms with van der Waals surface area (Å²) < 4.78 is 53.5. The lowest BCUT2D eigenvalue weighted by Crippen LogP contribution is -2.38. The summed E-state index contributed by atoms with van der Waals surface area (Å²) in [6.45, 7) is 13.8. The Morgan fingerprint density at radius 1 is 1.04 bits per heavy atom. The van der Waals surface area contributed by atoms with E-state index in [1.165, 1.54) is 30.2 Å². The zero-order chi connectivity index (χ0) is 32.8. The molecule has 0 bridgehead atoms. The van der Waals surface area contributed by atoms with Gasteiger partial charge >= 0.3 is 5.97 Å². The lowest BCUT2D eigenvalue weighted by Gasteiger charge is -2.36. The number of halogens is 2. The summed E-state index contributed by atoms with van der Waals surface area (Å²) in [4.78, 5) is 28.9. The Kier molecular flexibility index (Phi) is 8.95. The number of nitrogens with zero attached hydrogens (tertiary/aromatic N) is 1. The van der Waals surface area contributed by atoms with Gasteiger partial charge in [-0.05, 0) is 118 Å². The third-order valence-corrected chi connectivity index (χ3v) is 8.64. The molecule has 0 saturated carbocycles. The number of methoxy groups -OCH3 is 1. The van der Waals surface area contributed by atoms with Crippen molar-refractivity contribution in [3.8, 4) is 22.6 Å². The van der Waals surface area contributed by atoms with E-state index < -0.39 is 29.3 Å². The third kappa shape index (κ3) is 5.90. The van der Waals surface area contributed by atoms with Gasteiger partial charge in [-0.3, -0.25) is 4.79 Å². The molecule has 0 N–H and O–H groups in total. The normalized spacial score (nSPS) is 15.2. The molecule has 2 aliphatic heterocycles. The Bertz CT molecular complexity index is 1680. The summed E-state index contributed by atoms with van der Waals surface area (Å²) in [5, 5.41) is 0. The van der Waals surface area contributed by atoms with E-state index in [2.05, 4.69) is 0 Å². The van der Waals surface area contributed by atoms with E-state index in [-0.39, 0.29) is 37.0 Å². The minimum Gasteiger partial charge on any atom is -0.492 e. The molecule has 0 spiro atoms. The van der Waals surface area contributed by atoms with Crippen LogP contribution in [0.5, 0.6) is 11.5 Å². The molecule has 2 heterocycles. The molecule has 0 fully saturated rings. The van der Waals surface area contributed by atoms with Crippen LogP contribution in [0.4, 0.5) is 14.5 Å². The Hall–Kier alpha value is -3.98. The van der Waals surface area contributed by atoms with Crippen LogP contribution >= 0.6 is 0 Å². The molecule has 0 radical (unpaired) electrons. The summed E-state index contributed by atoms with van der Waals surface area (Å²) in [7, 11) is 1.37. The highest BCUT2D eigenvalue weighted by atomic mass is 19.1. The zero-order valence-electron chi connectivity index (χ0n) is 27.3. The summed E-state index contributed by atoms with van der Waals surface area (Å²) in [5.74, 6) is -1.62. The highest BCUT2D eigenvalue weighted by Gasteiger charge is 2.38. The van der Waals surface area contributed by atoms with Crippen molar-refractivity contribution in [2.75, 3.05) is 25.2 Å². The summed E-state index contributed by atoms with van der Waals surface area (Å²) in [5.41, 5.74) is 6.10. The average molecular weight is 622 g/mol. The van der Waals surface area contributed by atoms with Gasteiger partial charge in [-0.15, -0.1) is 0 Å². The number of esters is 1. The van der Waals surface area contributed by atoms with Crippen LogP contribution in [0.25, 0.3) is 11.1 Å². The van der Waals surface area contributed by atoms with Gasteiger partial charge in [0, 0.05) is 11.1 Å². The first kappa shape index (κ1) is 32.4. The lowest BCUT2D eigenvalue weighted by molar-refractivity contribution is -0.166. The van der Waals surface area contributed by atoms with E-state index in [1.54, 1.807) is 13.0 Å². The Morgan fingerprint density at radius 3 is 2.44 bits per heavy atom. The number of carbonyl (C=O) groups excluding carboxylic acids is 2. The fraction of sp³-hybridized carbons (Fsp3) is 0.444. The van der Waals surface area contributed by atoms with Crippen molar-refractivity contribution in [3.63, 3.8) is 0 Å². The van der Waals surface area contributed by atoms with Gasteiger partial charge in [-0.2, -0.15) is 0 Å². The number of amides is 1. The molecule has 1 atom stereocenters. The van der Waals surface area contributed by atoms with Crippen molar-refractivity contribution in [3.05, 3.63) is 74.8 Å². The highest BCUT2D eigenvalue weighted by molar-refractivity contribution is 5.99. The number of hydrogen-bond donors (Lipinski definition) is 0. The molecule has 0 aliphatic carbocycles. The Morgan fingerprint density at radius 2 is 1.78 bits per heavy atom. The van der Waals surface area contributed by atoms with Crippen LogP contribution in [0.15, 0.2) is 24.3 Å². The largest absolute Gasteiger partial charge is 0.492 e. The Balaban J connectivity index is 1.82. The van der Waals surface area contributed by atoms with Gasteiger partial charge in [0.15, 0.2) is 29.2 Å². The first-order chi connectivity index (χ1) is 21.3. The van der Waals surface area contributed by atoms with Crippen molar-refractivity contribution in [2.24, 2.45) is 0 Å². The number of carbonyl (C=O) groups is 2. The van der Waals surface area contributed by atoms with Gasteiger partial charge in [-0.25, -0.2) is 13.6 Å². The van der Waals surface area contributed by atoms with E-state index in [9.17, 15) is 14.0 Å². The van der Waals surface area contributed by atoms with Crippen LogP contribution in [-0.2, 0) is 38.4 Å². The van der Waals surface area contributed by atoms with Crippen molar-refractivity contribution in [1.82, 2.24) is 0 Å². The van der Waals surface area contributed by atoms with E-state index in [0.717, 1.165) is 34.2 Å².